The van der Waals surface area contributed by atoms with Crippen LogP contribution in [0.4, 0.5) is 0 Å². The molecule has 0 aromatic carbocycles. The third-order valence-electron chi connectivity index (χ3n) is 3.83. The van der Waals surface area contributed by atoms with E-state index in [0.29, 0.717) is 19.1 Å². The highest BCUT2D eigenvalue weighted by Gasteiger charge is 2.38. The Kier molecular flexibility index (Phi) is 3.93. The van der Waals surface area contributed by atoms with E-state index in [1.807, 2.05) is 0 Å². The molecule has 0 aromatic rings. The quantitative estimate of drug-likeness (QED) is 0.681. The van der Waals surface area contributed by atoms with Gasteiger partial charge in [-0.1, -0.05) is 0 Å². The summed E-state index contributed by atoms with van der Waals surface area (Å²) in [6.07, 6.45) is 1.11. The summed E-state index contributed by atoms with van der Waals surface area (Å²) in [5.74, 6) is -0.260. The Morgan fingerprint density at radius 1 is 1.28 bits per heavy atom. The molecule has 104 valence electrons. The summed E-state index contributed by atoms with van der Waals surface area (Å²) in [5, 5.41) is 2.37. The molecule has 1 amide bonds. The van der Waals surface area contributed by atoms with Crippen LogP contribution in [-0.4, -0.2) is 80.9 Å². The zero-order valence-corrected chi connectivity index (χ0v) is 11.7. The fourth-order valence-electron chi connectivity index (χ4n) is 2.35. The smallest absolute Gasteiger partial charge is 0.240 e. The third-order valence-corrected chi connectivity index (χ3v) is 5.32. The van der Waals surface area contributed by atoms with E-state index >= 15 is 0 Å². The Morgan fingerprint density at radius 2 is 1.83 bits per heavy atom. The van der Waals surface area contributed by atoms with Crippen molar-refractivity contribution < 1.29 is 13.2 Å². The summed E-state index contributed by atoms with van der Waals surface area (Å²) in [5.41, 5.74) is 0. The first kappa shape index (κ1) is 13.8. The van der Waals surface area contributed by atoms with Crippen molar-refractivity contribution in [2.24, 2.45) is 0 Å². The van der Waals surface area contributed by atoms with Crippen LogP contribution in [0, 0.1) is 0 Å². The lowest BCUT2D eigenvalue weighted by molar-refractivity contribution is -0.138. The van der Waals surface area contributed by atoms with Gasteiger partial charge in [-0.05, 0) is 6.92 Å². The minimum absolute atomic E-state index is 0.260. The molecule has 0 aliphatic carbocycles. The first-order valence-corrected chi connectivity index (χ1v) is 8.27. The normalized spacial score (nSPS) is 24.7. The fourth-order valence-corrected chi connectivity index (χ4v) is 2.87. The fraction of sp³-hybridized carbons (Fsp3) is 0.909. The van der Waals surface area contributed by atoms with Crippen LogP contribution in [0.2, 0.25) is 0 Å². The van der Waals surface area contributed by atoms with Gasteiger partial charge in [-0.2, -0.15) is 0 Å². The van der Waals surface area contributed by atoms with E-state index in [2.05, 4.69) is 10.2 Å². The Bertz CT molecular complexity index is 411. The molecular formula is C11H21N3O3S. The average molecular weight is 275 g/mol. The minimum Gasteiger partial charge on any atom is -0.338 e. The average Bonchev–Trinajstić information content (AvgIpc) is 2.26. The molecule has 1 N–H and O–H groups in total. The lowest BCUT2D eigenvalue weighted by Gasteiger charge is -2.47. The van der Waals surface area contributed by atoms with E-state index < -0.39 is 15.1 Å². The number of nitrogens with zero attached hydrogens (tertiary/aromatic N) is 2. The number of hydrogen-bond donors (Lipinski definition) is 1. The maximum absolute atomic E-state index is 11.9. The van der Waals surface area contributed by atoms with E-state index in [9.17, 15) is 13.2 Å². The van der Waals surface area contributed by atoms with Crippen molar-refractivity contribution in [2.45, 2.75) is 18.2 Å². The summed E-state index contributed by atoms with van der Waals surface area (Å²) in [7, 11) is -3.28. The van der Waals surface area contributed by atoms with Gasteiger partial charge < -0.3 is 10.2 Å². The maximum Gasteiger partial charge on any atom is 0.240 e. The van der Waals surface area contributed by atoms with Gasteiger partial charge in [0.15, 0.2) is 9.84 Å². The molecule has 0 radical (unpaired) electrons. The van der Waals surface area contributed by atoms with Crippen LogP contribution in [0.1, 0.15) is 6.92 Å². The van der Waals surface area contributed by atoms with Crippen molar-refractivity contribution in [1.82, 2.24) is 15.1 Å². The molecule has 2 aliphatic heterocycles. The van der Waals surface area contributed by atoms with Gasteiger partial charge in [0, 0.05) is 51.6 Å². The number of carbonyl (C=O) groups excluding carboxylic acids is 1. The van der Waals surface area contributed by atoms with Crippen LogP contribution in [-0.2, 0) is 14.6 Å². The van der Waals surface area contributed by atoms with E-state index in [-0.39, 0.29) is 5.91 Å². The van der Waals surface area contributed by atoms with Gasteiger partial charge in [0.05, 0.1) is 0 Å². The molecular weight excluding hydrogens is 254 g/mol. The largest absolute Gasteiger partial charge is 0.338 e. The Labute approximate surface area is 108 Å². The predicted octanol–water partition coefficient (Wildman–Crippen LogP) is -1.46. The van der Waals surface area contributed by atoms with Crippen LogP contribution in [0.5, 0.6) is 0 Å². The zero-order valence-electron chi connectivity index (χ0n) is 10.9. The minimum atomic E-state index is -3.28. The van der Waals surface area contributed by atoms with Gasteiger partial charge in [-0.3, -0.25) is 9.69 Å². The monoisotopic (exact) mass is 275 g/mol. The number of amides is 1. The molecule has 2 saturated heterocycles. The molecule has 2 aliphatic rings. The summed E-state index contributed by atoms with van der Waals surface area (Å²) in [6, 6.07) is 0.405. The third kappa shape index (κ3) is 2.84. The van der Waals surface area contributed by atoms with Gasteiger partial charge in [-0.15, -0.1) is 0 Å². The van der Waals surface area contributed by atoms with Gasteiger partial charge in [0.1, 0.15) is 5.25 Å². The molecule has 1 unspecified atom stereocenters. The number of likely N-dealkylation sites (tertiary alicyclic amines) is 1. The van der Waals surface area contributed by atoms with E-state index in [1.54, 1.807) is 4.90 Å². The zero-order chi connectivity index (χ0) is 13.3. The Balaban J connectivity index is 1.83. The summed E-state index contributed by atoms with van der Waals surface area (Å²) in [6.45, 7) is 6.80. The standard InChI is InChI=1S/C11H21N3O3S/c1-9(18(2,16)17)11(15)14-7-10(8-14)13-5-3-12-4-6-13/h9-10,12H,3-8H2,1-2H3. The first-order valence-electron chi connectivity index (χ1n) is 6.32. The molecule has 2 fully saturated rings. The first-order chi connectivity index (χ1) is 8.39. The Morgan fingerprint density at radius 3 is 2.33 bits per heavy atom. The van der Waals surface area contributed by atoms with E-state index in [0.717, 1.165) is 32.4 Å². The number of rotatable bonds is 3. The maximum atomic E-state index is 11.9. The molecule has 6 nitrogen and oxygen atoms in total. The van der Waals surface area contributed by atoms with Gasteiger partial charge in [-0.25, -0.2) is 8.42 Å². The Hall–Kier alpha value is -0.660. The molecule has 18 heavy (non-hydrogen) atoms. The van der Waals surface area contributed by atoms with Crippen molar-refractivity contribution in [3.63, 3.8) is 0 Å². The highest BCUT2D eigenvalue weighted by molar-refractivity contribution is 7.92. The number of piperazine rings is 1. The molecule has 0 aromatic heterocycles. The second-order valence-corrected chi connectivity index (χ2v) is 7.52. The van der Waals surface area contributed by atoms with Crippen LogP contribution in [0.25, 0.3) is 0 Å². The number of sulfone groups is 1. The highest BCUT2D eigenvalue weighted by Crippen LogP contribution is 2.18. The number of carbonyl (C=O) groups is 1. The predicted molar refractivity (Wildman–Crippen MR) is 69.1 cm³/mol. The van der Waals surface area contributed by atoms with Gasteiger partial charge in [0.2, 0.25) is 5.91 Å². The lowest BCUT2D eigenvalue weighted by atomic mass is 10.1. The van der Waals surface area contributed by atoms with Gasteiger partial charge in [0.25, 0.3) is 0 Å². The summed E-state index contributed by atoms with van der Waals surface area (Å²) < 4.78 is 22.7. The molecule has 0 bridgehead atoms. The van der Waals surface area contributed by atoms with Crippen LogP contribution in [0.3, 0.4) is 0 Å². The summed E-state index contributed by atoms with van der Waals surface area (Å²) in [4.78, 5) is 15.9. The van der Waals surface area contributed by atoms with E-state index in [1.165, 1.54) is 6.92 Å². The highest BCUT2D eigenvalue weighted by atomic mass is 32.2. The molecule has 0 spiro atoms. The van der Waals surface area contributed by atoms with Crippen molar-refractivity contribution in [1.29, 1.82) is 0 Å². The second-order valence-electron chi connectivity index (χ2n) is 5.15. The number of nitrogens with one attached hydrogen (secondary N) is 1. The van der Waals surface area contributed by atoms with Crippen LogP contribution >= 0.6 is 0 Å². The number of hydrogen-bond acceptors (Lipinski definition) is 5. The lowest BCUT2D eigenvalue weighted by Crippen LogP contribution is -2.65. The van der Waals surface area contributed by atoms with Gasteiger partial charge >= 0.3 is 0 Å². The molecule has 0 saturated carbocycles. The SMILES string of the molecule is CC(C(=O)N1CC(N2CCNCC2)C1)S(C)(=O)=O. The molecule has 2 rings (SSSR count). The van der Waals surface area contributed by atoms with E-state index in [4.69, 9.17) is 0 Å². The topological polar surface area (TPSA) is 69.7 Å². The van der Waals surface area contributed by atoms with Crippen molar-refractivity contribution in [3.8, 4) is 0 Å². The van der Waals surface area contributed by atoms with Crippen LogP contribution in [0.15, 0.2) is 0 Å². The van der Waals surface area contributed by atoms with Crippen molar-refractivity contribution in [3.05, 3.63) is 0 Å². The summed E-state index contributed by atoms with van der Waals surface area (Å²) >= 11 is 0. The second kappa shape index (κ2) is 5.14. The molecule has 1 atom stereocenters. The molecule has 2 heterocycles. The van der Waals surface area contributed by atoms with Crippen molar-refractivity contribution in [2.75, 3.05) is 45.5 Å². The van der Waals surface area contributed by atoms with Crippen molar-refractivity contribution >= 4 is 15.7 Å². The molecule has 7 heteroatoms. The van der Waals surface area contributed by atoms with Crippen LogP contribution < -0.4 is 5.32 Å².